The maximum absolute atomic E-state index is 9.19. The van der Waals surface area contributed by atoms with E-state index in [0.29, 0.717) is 5.13 Å². The van der Waals surface area contributed by atoms with Gasteiger partial charge in [0.25, 0.3) is 0 Å². The molecule has 0 saturated carbocycles. The van der Waals surface area contributed by atoms with Gasteiger partial charge in [0.1, 0.15) is 0 Å². The van der Waals surface area contributed by atoms with Crippen LogP contribution in [0.5, 0.6) is 0 Å². The number of aliphatic hydroxyl groups is 1. The first kappa shape index (κ1) is 16.3. The predicted molar refractivity (Wildman–Crippen MR) is 99.4 cm³/mol. The first-order valence-corrected chi connectivity index (χ1v) is 8.46. The number of nitrogens with zero attached hydrogens (tertiary/aromatic N) is 4. The van der Waals surface area contributed by atoms with Gasteiger partial charge in [0, 0.05) is 12.2 Å². The smallest absolute Gasteiger partial charge is 0.231 e. The van der Waals surface area contributed by atoms with Crippen molar-refractivity contribution >= 4 is 38.1 Å². The topological polar surface area (TPSA) is 61.1 Å². The molecule has 0 unspecified atom stereocenters. The Morgan fingerprint density at radius 2 is 2.00 bits per heavy atom. The fourth-order valence-corrected chi connectivity index (χ4v) is 3.18. The lowest BCUT2D eigenvalue weighted by molar-refractivity contribution is 0.282. The van der Waals surface area contributed by atoms with Gasteiger partial charge in [-0.3, -0.25) is 0 Å². The molecular formula is C18H18N4OS. The second-order valence-corrected chi connectivity index (χ2v) is 6.15. The Bertz CT molecular complexity index is 870. The Morgan fingerprint density at radius 3 is 2.67 bits per heavy atom. The molecule has 0 bridgehead atoms. The average Bonchev–Trinajstić information content (AvgIpc) is 3.04. The Kier molecular flexibility index (Phi) is 4.98. The van der Waals surface area contributed by atoms with Crippen LogP contribution in [0.1, 0.15) is 12.5 Å². The molecule has 122 valence electrons. The zero-order valence-electron chi connectivity index (χ0n) is 13.4. The summed E-state index contributed by atoms with van der Waals surface area (Å²) in [6.45, 7) is 6.77. The zero-order valence-corrected chi connectivity index (χ0v) is 14.2. The van der Waals surface area contributed by atoms with E-state index in [-0.39, 0.29) is 6.61 Å². The molecule has 0 saturated heterocycles. The van der Waals surface area contributed by atoms with Crippen molar-refractivity contribution in [2.24, 2.45) is 10.2 Å². The number of fused-ring (bicyclic) bond motifs is 1. The summed E-state index contributed by atoms with van der Waals surface area (Å²) in [6.07, 6.45) is 1.80. The van der Waals surface area contributed by atoms with E-state index in [1.54, 1.807) is 6.20 Å². The van der Waals surface area contributed by atoms with Gasteiger partial charge >= 0.3 is 0 Å². The van der Waals surface area contributed by atoms with Crippen molar-refractivity contribution in [3.05, 3.63) is 60.8 Å². The van der Waals surface area contributed by atoms with Crippen LogP contribution in [-0.4, -0.2) is 16.6 Å². The maximum atomic E-state index is 9.19. The maximum Gasteiger partial charge on any atom is 0.231 e. The molecule has 6 heteroatoms. The molecule has 0 aliphatic heterocycles. The molecule has 5 nitrogen and oxygen atoms in total. The fraction of sp³-hybridized carbons (Fsp3) is 0.167. The van der Waals surface area contributed by atoms with Crippen molar-refractivity contribution in [1.29, 1.82) is 0 Å². The number of anilines is 1. The third kappa shape index (κ3) is 3.50. The molecule has 0 amide bonds. The summed E-state index contributed by atoms with van der Waals surface area (Å²) in [5.74, 6) is 0. The van der Waals surface area contributed by atoms with Crippen molar-refractivity contribution in [1.82, 2.24) is 4.98 Å². The van der Waals surface area contributed by atoms with Gasteiger partial charge in [-0.05, 0) is 55.1 Å². The minimum absolute atomic E-state index is 0.0243. The van der Waals surface area contributed by atoms with E-state index < -0.39 is 0 Å². The Hall–Kier alpha value is -2.57. The van der Waals surface area contributed by atoms with E-state index in [4.69, 9.17) is 0 Å². The number of hydrogen-bond donors (Lipinski definition) is 1. The van der Waals surface area contributed by atoms with Gasteiger partial charge in [0.05, 0.1) is 22.5 Å². The number of benzene rings is 2. The minimum atomic E-state index is 0.0243. The molecule has 2 aromatic carbocycles. The Balaban J connectivity index is 1.79. The second-order valence-electron chi connectivity index (χ2n) is 5.14. The van der Waals surface area contributed by atoms with Crippen LogP contribution in [0.2, 0.25) is 0 Å². The highest BCUT2D eigenvalue weighted by Gasteiger charge is 2.04. The van der Waals surface area contributed by atoms with Gasteiger partial charge in [-0.1, -0.05) is 24.0 Å². The summed E-state index contributed by atoms with van der Waals surface area (Å²) in [7, 11) is 0. The number of thiazole rings is 1. The molecular weight excluding hydrogens is 320 g/mol. The van der Waals surface area contributed by atoms with Gasteiger partial charge < -0.3 is 10.0 Å². The van der Waals surface area contributed by atoms with E-state index in [9.17, 15) is 5.11 Å². The number of azo groups is 1. The number of hydrogen-bond acceptors (Lipinski definition) is 6. The van der Waals surface area contributed by atoms with Crippen molar-refractivity contribution in [3.63, 3.8) is 0 Å². The van der Waals surface area contributed by atoms with Crippen LogP contribution in [-0.2, 0) is 6.61 Å². The van der Waals surface area contributed by atoms with Crippen LogP contribution < -0.4 is 4.90 Å². The van der Waals surface area contributed by atoms with Crippen molar-refractivity contribution in [3.8, 4) is 0 Å². The molecule has 0 fully saturated rings. The summed E-state index contributed by atoms with van der Waals surface area (Å²) in [5, 5.41) is 18.3. The third-order valence-electron chi connectivity index (χ3n) is 3.62. The van der Waals surface area contributed by atoms with Gasteiger partial charge in [-0.2, -0.15) is 0 Å². The van der Waals surface area contributed by atoms with E-state index in [2.05, 4.69) is 28.7 Å². The standard InChI is InChI=1S/C18H18N4OS/c1-3-22(4-2)15-8-6-14(7-9-15)20-21-18-19-16-10-5-13(12-23)11-17(16)24-18/h3,5-11,23H,1,4,12H2,2H3/b21-20+. The monoisotopic (exact) mass is 338 g/mol. The Morgan fingerprint density at radius 1 is 1.21 bits per heavy atom. The summed E-state index contributed by atoms with van der Waals surface area (Å²) in [4.78, 5) is 6.48. The molecule has 1 aromatic heterocycles. The molecule has 0 spiro atoms. The first-order valence-electron chi connectivity index (χ1n) is 7.65. The average molecular weight is 338 g/mol. The summed E-state index contributed by atoms with van der Waals surface area (Å²) < 4.78 is 0.996. The van der Waals surface area contributed by atoms with Crippen LogP contribution in [0, 0.1) is 0 Å². The number of aromatic nitrogens is 1. The van der Waals surface area contributed by atoms with E-state index in [1.165, 1.54) is 11.3 Å². The van der Waals surface area contributed by atoms with E-state index >= 15 is 0 Å². The lowest BCUT2D eigenvalue weighted by atomic mass is 10.2. The summed E-state index contributed by atoms with van der Waals surface area (Å²) >= 11 is 1.46. The number of rotatable bonds is 6. The molecule has 3 rings (SSSR count). The summed E-state index contributed by atoms with van der Waals surface area (Å²) in [5.41, 5.74) is 3.58. The summed E-state index contributed by atoms with van der Waals surface area (Å²) in [6, 6.07) is 13.5. The van der Waals surface area contributed by atoms with Crippen LogP contribution in [0.25, 0.3) is 10.2 Å². The molecule has 0 radical (unpaired) electrons. The van der Waals surface area contributed by atoms with Crippen molar-refractivity contribution < 1.29 is 5.11 Å². The molecule has 0 aliphatic rings. The minimum Gasteiger partial charge on any atom is -0.392 e. The van der Waals surface area contributed by atoms with Gasteiger partial charge in [0.15, 0.2) is 0 Å². The van der Waals surface area contributed by atoms with Gasteiger partial charge in [-0.15, -0.1) is 10.2 Å². The van der Waals surface area contributed by atoms with Crippen molar-refractivity contribution in [2.45, 2.75) is 13.5 Å². The van der Waals surface area contributed by atoms with Gasteiger partial charge in [0.2, 0.25) is 5.13 Å². The van der Waals surface area contributed by atoms with Crippen LogP contribution in [0.4, 0.5) is 16.5 Å². The number of aliphatic hydroxyl groups excluding tert-OH is 1. The fourth-order valence-electron chi connectivity index (χ4n) is 2.33. The predicted octanol–water partition coefficient (Wildman–Crippen LogP) is 5.17. The highest BCUT2D eigenvalue weighted by atomic mass is 32.1. The lowest BCUT2D eigenvalue weighted by Crippen LogP contribution is -2.13. The quantitative estimate of drug-likeness (QED) is 0.630. The lowest BCUT2D eigenvalue weighted by Gasteiger charge is -2.17. The molecule has 24 heavy (non-hydrogen) atoms. The highest BCUT2D eigenvalue weighted by molar-refractivity contribution is 7.21. The van der Waals surface area contributed by atoms with Crippen LogP contribution >= 0.6 is 11.3 Å². The second kappa shape index (κ2) is 7.33. The zero-order chi connectivity index (χ0) is 16.9. The van der Waals surface area contributed by atoms with Crippen LogP contribution in [0.3, 0.4) is 0 Å². The normalized spacial score (nSPS) is 11.2. The van der Waals surface area contributed by atoms with E-state index in [0.717, 1.165) is 33.7 Å². The molecule has 1 heterocycles. The SMILES string of the molecule is C=CN(CC)c1ccc(/N=N/c2nc3ccc(CO)cc3s2)cc1. The third-order valence-corrected chi connectivity index (χ3v) is 4.52. The van der Waals surface area contributed by atoms with Crippen LogP contribution in [0.15, 0.2) is 65.5 Å². The first-order chi connectivity index (χ1) is 11.7. The highest BCUT2D eigenvalue weighted by Crippen LogP contribution is 2.30. The van der Waals surface area contributed by atoms with Gasteiger partial charge in [-0.25, -0.2) is 4.98 Å². The Labute approximate surface area is 144 Å². The molecule has 1 N–H and O–H groups in total. The molecule has 0 atom stereocenters. The molecule has 3 aromatic rings. The molecule has 0 aliphatic carbocycles. The van der Waals surface area contributed by atoms with Crippen molar-refractivity contribution in [2.75, 3.05) is 11.4 Å². The largest absolute Gasteiger partial charge is 0.392 e. The van der Waals surface area contributed by atoms with E-state index in [1.807, 2.05) is 47.4 Å².